The van der Waals surface area contributed by atoms with E-state index in [1.165, 1.54) is 6.07 Å². The summed E-state index contributed by atoms with van der Waals surface area (Å²) >= 11 is 0. The molecule has 1 aromatic carbocycles. The minimum absolute atomic E-state index is 0.0236. The molecule has 0 unspecified atom stereocenters. The van der Waals surface area contributed by atoms with E-state index >= 15 is 0 Å². The molecule has 172 valence electrons. The first kappa shape index (κ1) is 22.5. The number of aryl methyl sites for hydroxylation is 1. The molecule has 0 radical (unpaired) electrons. The van der Waals surface area contributed by atoms with E-state index in [1.54, 1.807) is 13.0 Å². The normalized spacial score (nSPS) is 17.9. The van der Waals surface area contributed by atoms with Crippen molar-refractivity contribution in [3.05, 3.63) is 52.5 Å². The zero-order chi connectivity index (χ0) is 22.9. The highest BCUT2D eigenvalue weighted by Crippen LogP contribution is 2.35. The quantitative estimate of drug-likeness (QED) is 0.670. The summed E-state index contributed by atoms with van der Waals surface area (Å²) in [6.45, 7) is 4.55. The smallest absolute Gasteiger partial charge is 0.365 e. The van der Waals surface area contributed by atoms with Crippen LogP contribution in [0, 0.1) is 6.92 Å². The van der Waals surface area contributed by atoms with Gasteiger partial charge in [0.2, 0.25) is 5.91 Å². The van der Waals surface area contributed by atoms with Crippen molar-refractivity contribution < 1.29 is 27.4 Å². The summed E-state index contributed by atoms with van der Waals surface area (Å²) in [5.74, 6) is 0.646. The number of carbonyl (C=O) groups excluding carboxylic acids is 1. The molecule has 1 aliphatic heterocycles. The second-order valence-corrected chi connectivity index (χ2v) is 8.39. The number of hydrogen-bond acceptors (Lipinski definition) is 6. The first-order valence-electron chi connectivity index (χ1n) is 10.4. The summed E-state index contributed by atoms with van der Waals surface area (Å²) in [6, 6.07) is 5.08. The van der Waals surface area contributed by atoms with E-state index < -0.39 is 18.0 Å². The van der Waals surface area contributed by atoms with Gasteiger partial charge in [0.05, 0.1) is 36.5 Å². The SMILES string of the molecule is Cc1nc(CC(=O)NC2(C)CC2)c(C2OCCO2)c(NCc2cccc(C(F)(F)F)c2)n1. The average molecular weight is 450 g/mol. The Morgan fingerprint density at radius 3 is 2.59 bits per heavy atom. The van der Waals surface area contributed by atoms with E-state index in [9.17, 15) is 18.0 Å². The number of carbonyl (C=O) groups is 1. The molecule has 1 saturated carbocycles. The van der Waals surface area contributed by atoms with Gasteiger partial charge in [-0.05, 0) is 44.4 Å². The highest BCUT2D eigenvalue weighted by Gasteiger charge is 2.39. The summed E-state index contributed by atoms with van der Waals surface area (Å²) < 4.78 is 50.4. The zero-order valence-corrected chi connectivity index (χ0v) is 17.9. The summed E-state index contributed by atoms with van der Waals surface area (Å²) in [5, 5.41) is 6.10. The van der Waals surface area contributed by atoms with Crippen LogP contribution in [0.15, 0.2) is 24.3 Å². The number of nitrogens with zero attached hydrogens (tertiary/aromatic N) is 2. The molecule has 2 aliphatic rings. The second kappa shape index (κ2) is 8.67. The molecule has 0 atom stereocenters. The van der Waals surface area contributed by atoms with Crippen LogP contribution >= 0.6 is 0 Å². The van der Waals surface area contributed by atoms with Gasteiger partial charge in [0, 0.05) is 12.1 Å². The topological polar surface area (TPSA) is 85.4 Å². The number of anilines is 1. The predicted octanol–water partition coefficient (Wildman–Crippen LogP) is 3.67. The van der Waals surface area contributed by atoms with Crippen LogP contribution in [-0.4, -0.2) is 34.6 Å². The van der Waals surface area contributed by atoms with Crippen LogP contribution in [0.2, 0.25) is 0 Å². The molecule has 1 aliphatic carbocycles. The summed E-state index contributed by atoms with van der Waals surface area (Å²) in [7, 11) is 0. The van der Waals surface area contributed by atoms with Crippen molar-refractivity contribution >= 4 is 11.7 Å². The molecule has 1 saturated heterocycles. The van der Waals surface area contributed by atoms with Crippen molar-refractivity contribution in [2.75, 3.05) is 18.5 Å². The Balaban J connectivity index is 1.59. The van der Waals surface area contributed by atoms with Gasteiger partial charge in [0.25, 0.3) is 0 Å². The Hall–Kier alpha value is -2.72. The van der Waals surface area contributed by atoms with Crippen molar-refractivity contribution in [2.45, 2.75) is 57.7 Å². The van der Waals surface area contributed by atoms with Crippen molar-refractivity contribution in [3.63, 3.8) is 0 Å². The standard InChI is InChI=1S/C22H25F3N4O3/c1-13-27-16(11-17(30)29-21(2)6-7-21)18(20-31-8-9-32-20)19(28-13)26-12-14-4-3-5-15(10-14)22(23,24)25/h3-5,10,20H,6-9,11-12H2,1-2H3,(H,29,30)(H,26,27,28). The Morgan fingerprint density at radius 1 is 1.22 bits per heavy atom. The van der Waals surface area contributed by atoms with Gasteiger partial charge in [-0.25, -0.2) is 9.97 Å². The molecule has 10 heteroatoms. The molecule has 2 N–H and O–H groups in total. The van der Waals surface area contributed by atoms with Gasteiger partial charge < -0.3 is 20.1 Å². The Kier molecular flexibility index (Phi) is 6.09. The fourth-order valence-corrected chi connectivity index (χ4v) is 3.57. The van der Waals surface area contributed by atoms with Crippen molar-refractivity contribution in [1.29, 1.82) is 0 Å². The Bertz CT molecular complexity index is 1000. The average Bonchev–Trinajstić information content (AvgIpc) is 3.20. The molecule has 2 heterocycles. The monoisotopic (exact) mass is 450 g/mol. The van der Waals surface area contributed by atoms with Crippen LogP contribution in [0.5, 0.6) is 0 Å². The lowest BCUT2D eigenvalue weighted by atomic mass is 10.1. The van der Waals surface area contributed by atoms with Gasteiger partial charge in [-0.1, -0.05) is 12.1 Å². The van der Waals surface area contributed by atoms with E-state index in [4.69, 9.17) is 9.47 Å². The third-order valence-electron chi connectivity index (χ3n) is 5.48. The molecule has 1 amide bonds. The fourth-order valence-electron chi connectivity index (χ4n) is 3.57. The van der Waals surface area contributed by atoms with E-state index in [0.717, 1.165) is 25.0 Å². The van der Waals surface area contributed by atoms with Crippen molar-refractivity contribution in [3.8, 4) is 0 Å². The van der Waals surface area contributed by atoms with Gasteiger partial charge in [-0.3, -0.25) is 4.79 Å². The van der Waals surface area contributed by atoms with Gasteiger partial charge in [0.1, 0.15) is 11.6 Å². The fraction of sp³-hybridized carbons (Fsp3) is 0.500. The van der Waals surface area contributed by atoms with E-state index in [2.05, 4.69) is 20.6 Å². The molecule has 1 aromatic heterocycles. The Labute approximate surface area is 183 Å². The first-order chi connectivity index (χ1) is 15.1. The first-order valence-corrected chi connectivity index (χ1v) is 10.4. The highest BCUT2D eigenvalue weighted by atomic mass is 19.4. The highest BCUT2D eigenvalue weighted by molar-refractivity contribution is 5.80. The third kappa shape index (κ3) is 5.36. The molecule has 7 nitrogen and oxygen atoms in total. The maximum absolute atomic E-state index is 13.0. The lowest BCUT2D eigenvalue weighted by Gasteiger charge is -2.20. The predicted molar refractivity (Wildman–Crippen MR) is 110 cm³/mol. The van der Waals surface area contributed by atoms with Gasteiger partial charge in [-0.15, -0.1) is 0 Å². The van der Waals surface area contributed by atoms with E-state index in [0.29, 0.717) is 41.7 Å². The summed E-state index contributed by atoms with van der Waals surface area (Å²) in [5.41, 5.74) is 0.527. The van der Waals surface area contributed by atoms with E-state index in [1.807, 2.05) is 6.92 Å². The van der Waals surface area contributed by atoms with Gasteiger partial charge in [0.15, 0.2) is 6.29 Å². The number of halogens is 3. The van der Waals surface area contributed by atoms with Gasteiger partial charge in [-0.2, -0.15) is 13.2 Å². The van der Waals surface area contributed by atoms with Crippen LogP contribution in [0.4, 0.5) is 19.0 Å². The number of hydrogen-bond donors (Lipinski definition) is 2. The summed E-state index contributed by atoms with van der Waals surface area (Å²) in [6.07, 6.45) is -3.27. The van der Waals surface area contributed by atoms with E-state index in [-0.39, 0.29) is 24.4 Å². The zero-order valence-electron chi connectivity index (χ0n) is 17.9. The molecular weight excluding hydrogens is 425 g/mol. The van der Waals surface area contributed by atoms with Crippen LogP contribution in [-0.2, 0) is 33.4 Å². The second-order valence-electron chi connectivity index (χ2n) is 8.39. The molecule has 4 rings (SSSR count). The number of nitrogens with one attached hydrogen (secondary N) is 2. The molecule has 0 spiro atoms. The molecule has 2 aromatic rings. The Morgan fingerprint density at radius 2 is 1.94 bits per heavy atom. The molecule has 2 fully saturated rings. The number of ether oxygens (including phenoxy) is 2. The van der Waals surface area contributed by atoms with Crippen LogP contribution in [0.1, 0.15) is 54.3 Å². The molecular formula is C22H25F3N4O3. The number of aromatic nitrogens is 2. The number of rotatable bonds is 7. The lowest BCUT2D eigenvalue weighted by Crippen LogP contribution is -2.36. The number of alkyl halides is 3. The maximum atomic E-state index is 13.0. The van der Waals surface area contributed by atoms with Crippen molar-refractivity contribution in [1.82, 2.24) is 15.3 Å². The number of amides is 1. The number of benzene rings is 1. The lowest BCUT2D eigenvalue weighted by molar-refractivity contribution is -0.137. The molecule has 32 heavy (non-hydrogen) atoms. The third-order valence-corrected chi connectivity index (χ3v) is 5.48. The maximum Gasteiger partial charge on any atom is 0.416 e. The summed E-state index contributed by atoms with van der Waals surface area (Å²) in [4.78, 5) is 21.5. The van der Waals surface area contributed by atoms with Crippen LogP contribution < -0.4 is 10.6 Å². The van der Waals surface area contributed by atoms with Gasteiger partial charge >= 0.3 is 6.18 Å². The van der Waals surface area contributed by atoms with Crippen LogP contribution in [0.25, 0.3) is 0 Å². The largest absolute Gasteiger partial charge is 0.416 e. The molecule has 0 bridgehead atoms. The van der Waals surface area contributed by atoms with Crippen LogP contribution in [0.3, 0.4) is 0 Å². The van der Waals surface area contributed by atoms with Crippen molar-refractivity contribution in [2.24, 2.45) is 0 Å². The minimum Gasteiger partial charge on any atom is -0.365 e. The minimum atomic E-state index is -4.42.